The van der Waals surface area contributed by atoms with Crippen LogP contribution in [-0.2, 0) is 51.1 Å². The molecule has 0 aromatic heterocycles. The van der Waals surface area contributed by atoms with E-state index >= 15 is 0 Å². The Hall–Kier alpha value is -3.21. The predicted molar refractivity (Wildman–Crippen MR) is 336 cm³/mol. The third-order valence-electron chi connectivity index (χ3n) is 12.1. The molecule has 0 bridgehead atoms. The van der Waals surface area contributed by atoms with E-state index < -0.39 is 40.5 Å². The summed E-state index contributed by atoms with van der Waals surface area (Å²) in [6.07, 6.45) is 6.95. The molecule has 446 valence electrons. The van der Waals surface area contributed by atoms with Gasteiger partial charge in [-0.05, 0) is 167 Å². The standard InChI is InChI=1S/C14H23NO3S.C13H20O3S.C12H19NO5S.C8H11N.C4H8O3S.C2H3N.CH3I.HI/c1-12-7-8-14(11-13(12)2)15(3,4)9-5-6-10-19(16,17)18;1-11-7-8-13(10-12(11)2)6-4-3-5-9-17(14,15)16;1-13(2,7-3-4-8-19(16,17)18)10-5-6-11(14)12(15)9-10;1-6-3-4-8(9)5-7(6)2;5-8(6)4-2-1-3-7-8;1-2-3;1-2;/h7-8,11H,5-6,9-10H2,1-4H3;7-8,10H,3-6,9H2,1-2H3,(H,14,15,16);5-6,9H,3-4,7-8H2,1-2H3,(H2-,14,15,16,17,18);3-5H,9H2,1-2H3;1-4H2;1H3;1H3;1H. The van der Waals surface area contributed by atoms with Crippen LogP contribution in [0, 0.1) is 52.9 Å². The van der Waals surface area contributed by atoms with Gasteiger partial charge in [-0.3, -0.25) is 17.7 Å². The summed E-state index contributed by atoms with van der Waals surface area (Å²) in [6.45, 7) is 15.7. The maximum absolute atomic E-state index is 10.5. The summed E-state index contributed by atoms with van der Waals surface area (Å²) in [4.78, 5) is 1.97. The Kier molecular flexibility index (Phi) is 39.8. The van der Waals surface area contributed by atoms with Gasteiger partial charge in [0.15, 0.2) is 11.5 Å². The van der Waals surface area contributed by atoms with E-state index in [-0.39, 0.29) is 58.5 Å². The van der Waals surface area contributed by atoms with Crippen LogP contribution in [0.3, 0.4) is 0 Å². The number of halogens is 2. The molecular formula is C54H88I2N4O14S4. The SMILES string of the molecule is CC#N.CI.C[N+](C)(CCCCS(=O)(=O)[O-])c1ccc(O)c(O)c1.Cc1ccc(CCCCCS(=O)(=O)O)cc1C.Cc1ccc(N)cc1C.Cc1ccc([N+](C)(C)CCCCS(=O)(=O)[O-])cc1C.I.O=S1(=O)CCCCO1. The Bertz CT molecular complexity index is 2770. The Labute approximate surface area is 499 Å². The van der Waals surface area contributed by atoms with E-state index in [1.54, 1.807) is 12.1 Å². The van der Waals surface area contributed by atoms with Gasteiger partial charge >= 0.3 is 0 Å². The summed E-state index contributed by atoms with van der Waals surface area (Å²) < 4.78 is 119. The summed E-state index contributed by atoms with van der Waals surface area (Å²) in [6, 6.07) is 25.0. The molecule has 0 amide bonds. The number of nitrogens with two attached hydrogens (primary N) is 1. The number of nitriles is 1. The van der Waals surface area contributed by atoms with Crippen molar-refractivity contribution in [3.8, 4) is 17.6 Å². The Morgan fingerprint density at radius 3 is 1.41 bits per heavy atom. The molecule has 0 atom stereocenters. The van der Waals surface area contributed by atoms with Crippen LogP contribution in [0.25, 0.3) is 0 Å². The van der Waals surface area contributed by atoms with E-state index in [1.807, 2.05) is 37.2 Å². The van der Waals surface area contributed by atoms with Gasteiger partial charge in [-0.1, -0.05) is 59.3 Å². The third-order valence-corrected chi connectivity index (χ3v) is 15.8. The van der Waals surface area contributed by atoms with Crippen molar-refractivity contribution in [2.75, 3.05) is 81.6 Å². The Morgan fingerprint density at radius 2 is 1.04 bits per heavy atom. The van der Waals surface area contributed by atoms with E-state index in [1.165, 1.54) is 63.7 Å². The van der Waals surface area contributed by atoms with Gasteiger partial charge in [-0.15, -0.1) is 24.0 Å². The molecule has 4 aromatic carbocycles. The molecule has 0 aliphatic carbocycles. The molecule has 0 saturated carbocycles. The topological polar surface area (TPSA) is 302 Å². The fourth-order valence-electron chi connectivity index (χ4n) is 6.96. The van der Waals surface area contributed by atoms with Crippen LogP contribution < -0.4 is 14.7 Å². The quantitative estimate of drug-likeness (QED) is 0.0105. The van der Waals surface area contributed by atoms with E-state index in [0.29, 0.717) is 47.8 Å². The van der Waals surface area contributed by atoms with Crippen LogP contribution in [0.1, 0.15) is 104 Å². The fourth-order valence-corrected chi connectivity index (χ4v) is 9.69. The van der Waals surface area contributed by atoms with Crippen molar-refractivity contribution in [2.45, 2.75) is 113 Å². The first kappa shape index (κ1) is 79.0. The molecular weight excluding hydrogens is 1310 g/mol. The van der Waals surface area contributed by atoms with Crippen LogP contribution in [-0.4, -0.2) is 133 Å². The average Bonchev–Trinajstić information content (AvgIpc) is 3.31. The maximum atomic E-state index is 10.5. The molecule has 1 fully saturated rings. The van der Waals surface area contributed by atoms with Crippen LogP contribution in [0.4, 0.5) is 17.1 Å². The van der Waals surface area contributed by atoms with E-state index in [9.17, 15) is 53.0 Å². The molecule has 1 heterocycles. The lowest BCUT2D eigenvalue weighted by atomic mass is 10.0. The minimum absolute atomic E-state index is 0. The van der Waals surface area contributed by atoms with Crippen molar-refractivity contribution in [3.05, 3.63) is 112 Å². The number of benzene rings is 4. The molecule has 5 N–H and O–H groups in total. The lowest BCUT2D eigenvalue weighted by Gasteiger charge is -2.30. The second kappa shape index (κ2) is 39.3. The first-order valence-electron chi connectivity index (χ1n) is 25.0. The number of nitrogen functional groups attached to an aromatic ring is 1. The molecule has 78 heavy (non-hydrogen) atoms. The number of quaternary nitrogens is 2. The maximum Gasteiger partial charge on any atom is 0.267 e. The van der Waals surface area contributed by atoms with Crippen LogP contribution in [0.15, 0.2) is 72.8 Å². The molecule has 1 aliphatic rings. The van der Waals surface area contributed by atoms with Crippen LogP contribution >= 0.6 is 46.6 Å². The molecule has 24 heteroatoms. The highest BCUT2D eigenvalue weighted by atomic mass is 127. The van der Waals surface area contributed by atoms with Gasteiger partial charge in [0.05, 0.1) is 85.7 Å². The van der Waals surface area contributed by atoms with Crippen molar-refractivity contribution in [1.29, 1.82) is 5.26 Å². The van der Waals surface area contributed by atoms with Crippen molar-refractivity contribution >= 4 is 104 Å². The zero-order chi connectivity index (χ0) is 59.8. The Balaban J connectivity index is -0.000000905. The monoisotopic (exact) mass is 1400 g/mol. The molecule has 1 saturated heterocycles. The number of phenols is 2. The zero-order valence-corrected chi connectivity index (χ0v) is 55.4. The minimum Gasteiger partial charge on any atom is -0.748 e. The average molecular weight is 1400 g/mol. The lowest BCUT2D eigenvalue weighted by molar-refractivity contribution is 0.292. The number of alkyl halides is 1. The summed E-state index contributed by atoms with van der Waals surface area (Å²) in [5.74, 6) is -0.909. The number of hydrogen-bond donors (Lipinski definition) is 4. The molecule has 4 aromatic rings. The first-order valence-corrected chi connectivity index (χ1v) is 33.5. The number of aromatic hydroxyl groups is 2. The van der Waals surface area contributed by atoms with Crippen LogP contribution in [0.2, 0.25) is 0 Å². The van der Waals surface area contributed by atoms with Crippen LogP contribution in [0.5, 0.6) is 11.5 Å². The number of hydrogen-bond acceptors (Lipinski definition) is 15. The summed E-state index contributed by atoms with van der Waals surface area (Å²) in [7, 11) is -7.10. The summed E-state index contributed by atoms with van der Waals surface area (Å²) >= 11 is 2.15. The highest BCUT2D eigenvalue weighted by Crippen LogP contribution is 2.31. The highest BCUT2D eigenvalue weighted by Gasteiger charge is 2.21. The number of nitrogens with zero attached hydrogens (tertiary/aromatic N) is 3. The lowest BCUT2D eigenvalue weighted by Crippen LogP contribution is -2.41. The first-order chi connectivity index (χ1) is 35.4. The molecule has 0 radical (unpaired) electrons. The van der Waals surface area contributed by atoms with E-state index in [4.69, 9.17) is 15.5 Å². The molecule has 5 rings (SSSR count). The van der Waals surface area contributed by atoms with Crippen molar-refractivity contribution < 1.29 is 61.7 Å². The van der Waals surface area contributed by atoms with E-state index in [2.05, 4.69) is 119 Å². The molecule has 0 spiro atoms. The second-order valence-corrected chi connectivity index (χ2v) is 25.9. The second-order valence-electron chi connectivity index (χ2n) is 19.6. The third kappa shape index (κ3) is 39.2. The summed E-state index contributed by atoms with van der Waals surface area (Å²) in [5, 5.41) is 26.0. The zero-order valence-electron chi connectivity index (χ0n) is 47.6. The van der Waals surface area contributed by atoms with Gasteiger partial charge in [0.25, 0.3) is 20.2 Å². The van der Waals surface area contributed by atoms with Gasteiger partial charge in [-0.25, -0.2) is 16.8 Å². The van der Waals surface area contributed by atoms with Gasteiger partial charge in [0.2, 0.25) is 0 Å². The van der Waals surface area contributed by atoms with E-state index in [0.717, 1.165) is 56.4 Å². The predicted octanol–water partition coefficient (Wildman–Crippen LogP) is 10.3. The number of unbranched alkanes of at least 4 members (excludes halogenated alkanes) is 4. The number of aryl methyl sites for hydroxylation is 7. The van der Waals surface area contributed by atoms with Crippen molar-refractivity contribution in [3.63, 3.8) is 0 Å². The Morgan fingerprint density at radius 1 is 0.615 bits per heavy atom. The molecule has 18 nitrogen and oxygen atoms in total. The van der Waals surface area contributed by atoms with Gasteiger partial charge < -0.3 is 25.1 Å². The largest absolute Gasteiger partial charge is 0.748 e. The smallest absolute Gasteiger partial charge is 0.267 e. The number of anilines is 1. The molecule has 0 unspecified atom stereocenters. The minimum atomic E-state index is -4.15. The van der Waals surface area contributed by atoms with Crippen molar-refractivity contribution in [1.82, 2.24) is 8.97 Å². The van der Waals surface area contributed by atoms with Crippen molar-refractivity contribution in [2.24, 2.45) is 0 Å². The van der Waals surface area contributed by atoms with Gasteiger partial charge in [0, 0.05) is 42.3 Å². The summed E-state index contributed by atoms with van der Waals surface area (Å²) in [5.41, 5.74) is 17.3. The number of rotatable bonds is 18. The normalized spacial score (nSPS) is 12.8. The van der Waals surface area contributed by atoms with Gasteiger partial charge in [0.1, 0.15) is 11.4 Å². The highest BCUT2D eigenvalue weighted by molar-refractivity contribution is 14.1. The number of phenolic OH excluding ortho intramolecular Hbond substituents is 2. The van der Waals surface area contributed by atoms with Gasteiger partial charge in [-0.2, -0.15) is 22.1 Å². The fraction of sp³-hybridized carbons (Fsp3) is 0.537. The molecule has 1 aliphatic heterocycles.